The molecule has 1 amide bonds. The number of benzene rings is 2. The second kappa shape index (κ2) is 10.7. The largest absolute Gasteiger partial charge is 0.495 e. The van der Waals surface area contributed by atoms with Gasteiger partial charge in [-0.2, -0.15) is 4.31 Å². The van der Waals surface area contributed by atoms with Crippen LogP contribution in [-0.2, 0) is 14.8 Å². The van der Waals surface area contributed by atoms with E-state index < -0.39 is 10.0 Å². The minimum Gasteiger partial charge on any atom is -0.495 e. The molecule has 7 heteroatoms. The van der Waals surface area contributed by atoms with Gasteiger partial charge in [-0.1, -0.05) is 57.4 Å². The molecule has 1 fully saturated rings. The fourth-order valence-electron chi connectivity index (χ4n) is 4.55. The van der Waals surface area contributed by atoms with Gasteiger partial charge in [0.2, 0.25) is 15.9 Å². The average molecular weight is 473 g/mol. The van der Waals surface area contributed by atoms with Crippen molar-refractivity contribution < 1.29 is 17.9 Å². The molecule has 180 valence electrons. The van der Waals surface area contributed by atoms with Gasteiger partial charge < -0.3 is 10.1 Å². The topological polar surface area (TPSA) is 75.7 Å². The Labute approximate surface area is 198 Å². The van der Waals surface area contributed by atoms with Crippen LogP contribution < -0.4 is 10.1 Å². The highest BCUT2D eigenvalue weighted by atomic mass is 32.2. The highest BCUT2D eigenvalue weighted by molar-refractivity contribution is 7.89. The summed E-state index contributed by atoms with van der Waals surface area (Å²) in [5.41, 5.74) is 3.59. The third-order valence-corrected chi connectivity index (χ3v) is 8.30. The molecule has 0 unspecified atom stereocenters. The van der Waals surface area contributed by atoms with Gasteiger partial charge in [0, 0.05) is 11.7 Å². The lowest BCUT2D eigenvalue weighted by Crippen LogP contribution is -2.45. The highest BCUT2D eigenvalue weighted by Crippen LogP contribution is 2.33. The maximum absolute atomic E-state index is 13.9. The fraction of sp³-hybridized carbons (Fsp3) is 0.500. The van der Waals surface area contributed by atoms with Crippen molar-refractivity contribution in [3.8, 4) is 5.75 Å². The second-order valence-electron chi connectivity index (χ2n) is 9.24. The number of nitrogens with one attached hydrogen (secondary N) is 1. The van der Waals surface area contributed by atoms with Crippen molar-refractivity contribution in [2.75, 3.05) is 19.0 Å². The van der Waals surface area contributed by atoms with Crippen molar-refractivity contribution in [1.29, 1.82) is 0 Å². The fourth-order valence-corrected chi connectivity index (χ4v) is 6.44. The van der Waals surface area contributed by atoms with Crippen molar-refractivity contribution in [3.05, 3.63) is 53.1 Å². The van der Waals surface area contributed by atoms with Gasteiger partial charge in [-0.15, -0.1) is 0 Å². The molecule has 33 heavy (non-hydrogen) atoms. The maximum Gasteiger partial charge on any atom is 0.247 e. The zero-order valence-electron chi connectivity index (χ0n) is 20.3. The molecule has 0 spiro atoms. The van der Waals surface area contributed by atoms with Crippen LogP contribution >= 0.6 is 0 Å². The third kappa shape index (κ3) is 5.76. The van der Waals surface area contributed by atoms with Crippen molar-refractivity contribution in [1.82, 2.24) is 4.31 Å². The van der Waals surface area contributed by atoms with Crippen LogP contribution in [0.25, 0.3) is 0 Å². The number of amides is 1. The van der Waals surface area contributed by atoms with Crippen LogP contribution in [-0.4, -0.2) is 38.3 Å². The second-order valence-corrected chi connectivity index (χ2v) is 11.1. The van der Waals surface area contributed by atoms with Crippen LogP contribution in [0.1, 0.15) is 68.6 Å². The van der Waals surface area contributed by atoms with E-state index in [0.29, 0.717) is 5.75 Å². The Bertz CT molecular complexity index is 1090. The molecule has 0 radical (unpaired) electrons. The molecule has 0 atom stereocenters. The van der Waals surface area contributed by atoms with Gasteiger partial charge in [-0.3, -0.25) is 4.79 Å². The summed E-state index contributed by atoms with van der Waals surface area (Å²) in [7, 11) is -2.48. The number of nitrogens with zero attached hydrogens (tertiary/aromatic N) is 1. The number of sulfonamides is 1. The average Bonchev–Trinajstić information content (AvgIpc) is 2.79. The number of methoxy groups -OCH3 is 1. The monoisotopic (exact) mass is 472 g/mol. The lowest BCUT2D eigenvalue weighted by molar-refractivity contribution is -0.116. The minimum absolute atomic E-state index is 0.113. The van der Waals surface area contributed by atoms with Gasteiger partial charge in [-0.25, -0.2) is 8.42 Å². The predicted molar refractivity (Wildman–Crippen MR) is 132 cm³/mol. The number of carbonyl (C=O) groups is 1. The van der Waals surface area contributed by atoms with Gasteiger partial charge in [-0.05, 0) is 61.4 Å². The van der Waals surface area contributed by atoms with Crippen LogP contribution in [0.3, 0.4) is 0 Å². The molecule has 0 bridgehead atoms. The van der Waals surface area contributed by atoms with E-state index in [1.165, 1.54) is 11.4 Å². The number of aryl methyl sites for hydroxylation is 2. The summed E-state index contributed by atoms with van der Waals surface area (Å²) in [6.45, 7) is 7.73. The van der Waals surface area contributed by atoms with Gasteiger partial charge in [0.05, 0.1) is 13.7 Å². The Kier molecular flexibility index (Phi) is 8.19. The standard InChI is InChI=1S/C26H36N2O4S/c1-18(2)22-13-9-10-20(4)26(22)27-25(29)17-28(21-11-7-6-8-12-21)33(30,31)24-16-19(3)14-15-23(24)32-5/h9-10,13-16,18,21H,6-8,11-12,17H2,1-5H3,(H,27,29). The summed E-state index contributed by atoms with van der Waals surface area (Å²) in [6.07, 6.45) is 4.51. The molecule has 0 aliphatic heterocycles. The zero-order valence-corrected chi connectivity index (χ0v) is 21.2. The first kappa shape index (κ1) is 25.2. The molecular formula is C26H36N2O4S. The predicted octanol–water partition coefficient (Wildman–Crippen LogP) is 5.40. The van der Waals surface area contributed by atoms with Gasteiger partial charge in [0.15, 0.2) is 0 Å². The smallest absolute Gasteiger partial charge is 0.247 e. The molecule has 3 rings (SSSR count). The summed E-state index contributed by atoms with van der Waals surface area (Å²) in [5, 5.41) is 3.02. The van der Waals surface area contributed by atoms with Gasteiger partial charge in [0.25, 0.3) is 0 Å². The summed E-state index contributed by atoms with van der Waals surface area (Å²) < 4.78 is 34.5. The molecule has 1 saturated carbocycles. The normalized spacial score (nSPS) is 15.1. The van der Waals surface area contributed by atoms with Crippen LogP contribution in [0.4, 0.5) is 5.69 Å². The molecule has 0 aromatic heterocycles. The number of ether oxygens (including phenoxy) is 1. The Morgan fingerprint density at radius 2 is 1.82 bits per heavy atom. The van der Waals surface area contributed by atoms with E-state index in [1.54, 1.807) is 12.1 Å². The first-order valence-electron chi connectivity index (χ1n) is 11.7. The molecule has 0 heterocycles. The molecule has 1 N–H and O–H groups in total. The van der Waals surface area contributed by atoms with E-state index >= 15 is 0 Å². The number of rotatable bonds is 8. The molecule has 6 nitrogen and oxygen atoms in total. The van der Waals surface area contributed by atoms with E-state index in [-0.39, 0.29) is 29.3 Å². The lowest BCUT2D eigenvalue weighted by atomic mass is 9.95. The number of para-hydroxylation sites is 1. The summed E-state index contributed by atoms with van der Waals surface area (Å²) >= 11 is 0. The minimum atomic E-state index is -3.94. The molecule has 1 aliphatic carbocycles. The van der Waals surface area contributed by atoms with E-state index in [1.807, 2.05) is 38.1 Å². The number of carbonyl (C=O) groups excluding carboxylic acids is 1. The van der Waals surface area contributed by atoms with Crippen molar-refractivity contribution >= 4 is 21.6 Å². The molecule has 2 aromatic rings. The van der Waals surface area contributed by atoms with Crippen LogP contribution in [0, 0.1) is 13.8 Å². The number of anilines is 1. The molecule has 0 saturated heterocycles. The molecule has 2 aromatic carbocycles. The SMILES string of the molecule is COc1ccc(C)cc1S(=O)(=O)N(CC(=O)Nc1c(C)cccc1C(C)C)C1CCCCC1. The lowest BCUT2D eigenvalue weighted by Gasteiger charge is -2.33. The maximum atomic E-state index is 13.9. The van der Waals surface area contributed by atoms with Crippen LogP contribution in [0.5, 0.6) is 5.75 Å². The molecule has 1 aliphatic rings. The van der Waals surface area contributed by atoms with Crippen molar-refractivity contribution in [2.24, 2.45) is 0 Å². The van der Waals surface area contributed by atoms with Gasteiger partial charge >= 0.3 is 0 Å². The van der Waals surface area contributed by atoms with Crippen LogP contribution in [0.15, 0.2) is 41.3 Å². The Morgan fingerprint density at radius 3 is 2.45 bits per heavy atom. The summed E-state index contributed by atoms with van der Waals surface area (Å²) in [4.78, 5) is 13.4. The third-order valence-electron chi connectivity index (χ3n) is 6.38. The first-order valence-corrected chi connectivity index (χ1v) is 13.1. The summed E-state index contributed by atoms with van der Waals surface area (Å²) in [5.74, 6) is 0.199. The first-order chi connectivity index (χ1) is 15.6. The Hall–Kier alpha value is -2.38. The van der Waals surface area contributed by atoms with Gasteiger partial charge in [0.1, 0.15) is 10.6 Å². The Balaban J connectivity index is 1.96. The van der Waals surface area contributed by atoms with E-state index in [9.17, 15) is 13.2 Å². The quantitative estimate of drug-likeness (QED) is 0.558. The summed E-state index contributed by atoms with van der Waals surface area (Å²) in [6, 6.07) is 10.8. The zero-order chi connectivity index (χ0) is 24.2. The van der Waals surface area contributed by atoms with Crippen molar-refractivity contribution in [2.45, 2.75) is 76.7 Å². The van der Waals surface area contributed by atoms with E-state index in [4.69, 9.17) is 4.74 Å². The number of hydrogen-bond donors (Lipinski definition) is 1. The van der Waals surface area contributed by atoms with E-state index in [2.05, 4.69) is 19.2 Å². The highest BCUT2D eigenvalue weighted by Gasteiger charge is 2.36. The number of hydrogen-bond acceptors (Lipinski definition) is 4. The molecular weight excluding hydrogens is 436 g/mol. The Morgan fingerprint density at radius 1 is 1.12 bits per heavy atom. The van der Waals surface area contributed by atoms with E-state index in [0.717, 1.165) is 54.5 Å². The van der Waals surface area contributed by atoms with Crippen LogP contribution in [0.2, 0.25) is 0 Å². The van der Waals surface area contributed by atoms with Crippen molar-refractivity contribution in [3.63, 3.8) is 0 Å².